The molecule has 0 saturated heterocycles. The number of alkyl halides is 3. The molecule has 0 fully saturated rings. The molecule has 0 bridgehead atoms. The zero-order valence-electron chi connectivity index (χ0n) is 17.6. The highest BCUT2D eigenvalue weighted by atomic mass is 19.4. The van der Waals surface area contributed by atoms with Gasteiger partial charge in [-0.1, -0.05) is 6.07 Å². The average Bonchev–Trinajstić information content (AvgIpc) is 2.77. The lowest BCUT2D eigenvalue weighted by Gasteiger charge is -2.28. The summed E-state index contributed by atoms with van der Waals surface area (Å²) in [5.41, 5.74) is -1.95. The summed E-state index contributed by atoms with van der Waals surface area (Å²) in [7, 11) is 2.94. The third-order valence-corrected chi connectivity index (χ3v) is 5.54. The molecule has 1 aliphatic rings. The van der Waals surface area contributed by atoms with E-state index in [2.05, 4.69) is 10.3 Å². The van der Waals surface area contributed by atoms with Crippen molar-refractivity contribution < 1.29 is 27.8 Å². The maximum atomic E-state index is 13.2. The number of halogens is 3. The van der Waals surface area contributed by atoms with E-state index >= 15 is 0 Å². The van der Waals surface area contributed by atoms with E-state index in [1.807, 2.05) is 0 Å². The van der Waals surface area contributed by atoms with E-state index in [1.54, 1.807) is 12.1 Å². The van der Waals surface area contributed by atoms with Crippen molar-refractivity contribution in [3.05, 3.63) is 79.5 Å². The molecule has 0 unspecified atom stereocenters. The lowest BCUT2D eigenvalue weighted by Crippen LogP contribution is -2.38. The molecular formula is C22H20F3N3O5. The number of hydrogen-bond acceptors (Lipinski definition) is 6. The molecular weight excluding hydrogens is 443 g/mol. The van der Waals surface area contributed by atoms with E-state index in [0.29, 0.717) is 34.6 Å². The smallest absolute Gasteiger partial charge is 0.416 e. The van der Waals surface area contributed by atoms with Crippen LogP contribution in [0.4, 0.5) is 13.2 Å². The van der Waals surface area contributed by atoms with Crippen molar-refractivity contribution in [3.8, 4) is 23.1 Å². The van der Waals surface area contributed by atoms with Crippen LogP contribution in [0, 0.1) is 0 Å². The summed E-state index contributed by atoms with van der Waals surface area (Å²) in [6.45, 7) is 0.439. The second kappa shape index (κ2) is 8.32. The number of aromatic nitrogens is 2. The van der Waals surface area contributed by atoms with Gasteiger partial charge in [0.1, 0.15) is 0 Å². The van der Waals surface area contributed by atoms with Gasteiger partial charge in [0.05, 0.1) is 37.1 Å². The molecule has 2 aromatic carbocycles. The number of fused-ring (bicyclic) bond motifs is 1. The molecule has 1 atom stereocenters. The number of aromatic hydroxyl groups is 1. The molecule has 0 saturated carbocycles. The van der Waals surface area contributed by atoms with E-state index in [9.17, 15) is 27.9 Å². The van der Waals surface area contributed by atoms with Crippen molar-refractivity contribution in [1.29, 1.82) is 0 Å². The van der Waals surface area contributed by atoms with Gasteiger partial charge in [-0.2, -0.15) is 13.2 Å². The number of aromatic amines is 1. The Bertz CT molecular complexity index is 1330. The minimum Gasteiger partial charge on any atom is -0.494 e. The van der Waals surface area contributed by atoms with Crippen molar-refractivity contribution >= 4 is 0 Å². The summed E-state index contributed by atoms with van der Waals surface area (Å²) in [5.74, 6) is 0.124. The number of H-pyrrole nitrogens is 1. The van der Waals surface area contributed by atoms with E-state index < -0.39 is 34.9 Å². The molecule has 3 N–H and O–H groups in total. The Hall–Kier alpha value is -3.73. The van der Waals surface area contributed by atoms with Gasteiger partial charge in [0.2, 0.25) is 5.88 Å². The van der Waals surface area contributed by atoms with Crippen LogP contribution < -0.4 is 26.0 Å². The molecule has 4 rings (SSSR count). The highest BCUT2D eigenvalue weighted by molar-refractivity contribution is 5.53. The Morgan fingerprint density at radius 1 is 1.09 bits per heavy atom. The maximum absolute atomic E-state index is 13.2. The van der Waals surface area contributed by atoms with Gasteiger partial charge < -0.3 is 19.9 Å². The van der Waals surface area contributed by atoms with Crippen LogP contribution >= 0.6 is 0 Å². The van der Waals surface area contributed by atoms with Gasteiger partial charge in [0, 0.05) is 6.54 Å². The van der Waals surface area contributed by atoms with Gasteiger partial charge in [0.25, 0.3) is 5.56 Å². The minimum absolute atomic E-state index is 0.208. The van der Waals surface area contributed by atoms with Crippen LogP contribution in [-0.2, 0) is 12.6 Å². The van der Waals surface area contributed by atoms with Gasteiger partial charge >= 0.3 is 11.9 Å². The SMILES string of the molecule is COc1cc2c(cc1OC)[C@@H](c1c(O)n(-c3cccc(C(F)(F)F)c3)c(=O)[nH]c1=O)NCC2. The average molecular weight is 463 g/mol. The number of nitrogens with zero attached hydrogens (tertiary/aromatic N) is 1. The molecule has 0 radical (unpaired) electrons. The summed E-state index contributed by atoms with van der Waals surface area (Å²) in [6.07, 6.45) is -4.06. The zero-order valence-corrected chi connectivity index (χ0v) is 17.6. The molecule has 1 aromatic heterocycles. The fourth-order valence-corrected chi connectivity index (χ4v) is 4.00. The molecule has 2 heterocycles. The van der Waals surface area contributed by atoms with Crippen LogP contribution in [0.1, 0.15) is 28.3 Å². The molecule has 1 aliphatic heterocycles. The van der Waals surface area contributed by atoms with Gasteiger partial charge in [-0.3, -0.25) is 9.78 Å². The quantitative estimate of drug-likeness (QED) is 0.549. The number of methoxy groups -OCH3 is 2. The molecule has 174 valence electrons. The van der Waals surface area contributed by atoms with Crippen LogP contribution in [0.3, 0.4) is 0 Å². The summed E-state index contributed by atoms with van der Waals surface area (Å²) in [5, 5.41) is 14.1. The van der Waals surface area contributed by atoms with E-state index in [0.717, 1.165) is 23.8 Å². The molecule has 0 spiro atoms. The Morgan fingerprint density at radius 3 is 2.45 bits per heavy atom. The fraction of sp³-hybridized carbons (Fsp3) is 0.273. The van der Waals surface area contributed by atoms with Crippen LogP contribution in [0.5, 0.6) is 17.4 Å². The summed E-state index contributed by atoms with van der Waals surface area (Å²) >= 11 is 0. The maximum Gasteiger partial charge on any atom is 0.416 e. The molecule has 0 aliphatic carbocycles. The Morgan fingerprint density at radius 2 is 1.79 bits per heavy atom. The number of ether oxygens (including phenoxy) is 2. The third-order valence-electron chi connectivity index (χ3n) is 5.54. The molecule has 8 nitrogen and oxygen atoms in total. The highest BCUT2D eigenvalue weighted by Crippen LogP contribution is 2.38. The largest absolute Gasteiger partial charge is 0.494 e. The first kappa shape index (κ1) is 22.5. The summed E-state index contributed by atoms with van der Waals surface area (Å²) in [6, 6.07) is 6.47. The number of benzene rings is 2. The first-order valence-electron chi connectivity index (χ1n) is 9.89. The van der Waals surface area contributed by atoms with Crippen LogP contribution in [-0.4, -0.2) is 35.4 Å². The zero-order chi connectivity index (χ0) is 23.9. The van der Waals surface area contributed by atoms with Crippen molar-refractivity contribution in [2.24, 2.45) is 0 Å². The van der Waals surface area contributed by atoms with Gasteiger partial charge in [-0.05, 0) is 47.9 Å². The normalized spacial score (nSPS) is 15.7. The minimum atomic E-state index is -4.65. The van der Waals surface area contributed by atoms with Crippen molar-refractivity contribution in [3.63, 3.8) is 0 Å². The number of hydrogen-bond donors (Lipinski definition) is 3. The standard InChI is InChI=1S/C22H20F3N3O5/c1-32-15-8-11-6-7-26-18(14(11)10-16(15)33-2)17-19(29)27-21(31)28(20(17)30)13-5-3-4-12(9-13)22(23,24)25/h3-5,8-10,18,26,30H,6-7H2,1-2H3,(H,27,29,31)/t18-/m0/s1. The Balaban J connectivity index is 1.92. The topological polar surface area (TPSA) is 106 Å². The van der Waals surface area contributed by atoms with Crippen LogP contribution in [0.15, 0.2) is 46.0 Å². The lowest BCUT2D eigenvalue weighted by molar-refractivity contribution is -0.137. The van der Waals surface area contributed by atoms with Gasteiger partial charge in [0.15, 0.2) is 11.5 Å². The Labute approximate surface area is 185 Å². The fourth-order valence-electron chi connectivity index (χ4n) is 4.00. The first-order chi connectivity index (χ1) is 15.7. The Kier molecular flexibility index (Phi) is 5.66. The first-order valence-corrected chi connectivity index (χ1v) is 9.89. The third kappa shape index (κ3) is 3.95. The monoisotopic (exact) mass is 463 g/mol. The van der Waals surface area contributed by atoms with E-state index in [4.69, 9.17) is 9.47 Å². The predicted octanol–water partition coefficient (Wildman–Crippen LogP) is 2.50. The molecule has 3 aromatic rings. The predicted molar refractivity (Wildman–Crippen MR) is 112 cm³/mol. The second-order valence-corrected chi connectivity index (χ2v) is 7.42. The number of nitrogens with one attached hydrogen (secondary N) is 2. The number of rotatable bonds is 4. The second-order valence-electron chi connectivity index (χ2n) is 7.42. The molecule has 33 heavy (non-hydrogen) atoms. The molecule has 11 heteroatoms. The van der Waals surface area contributed by atoms with Crippen LogP contribution in [0.25, 0.3) is 5.69 Å². The van der Waals surface area contributed by atoms with E-state index in [1.165, 1.54) is 20.3 Å². The summed E-state index contributed by atoms with van der Waals surface area (Å²) < 4.78 is 50.8. The van der Waals surface area contributed by atoms with Crippen molar-refractivity contribution in [2.75, 3.05) is 20.8 Å². The van der Waals surface area contributed by atoms with E-state index in [-0.39, 0.29) is 11.3 Å². The summed E-state index contributed by atoms with van der Waals surface area (Å²) in [4.78, 5) is 27.3. The van der Waals surface area contributed by atoms with Crippen molar-refractivity contribution in [1.82, 2.24) is 14.9 Å². The van der Waals surface area contributed by atoms with Gasteiger partial charge in [-0.25, -0.2) is 9.36 Å². The lowest BCUT2D eigenvalue weighted by atomic mass is 9.90. The van der Waals surface area contributed by atoms with Crippen molar-refractivity contribution in [2.45, 2.75) is 18.6 Å². The van der Waals surface area contributed by atoms with Crippen LogP contribution in [0.2, 0.25) is 0 Å². The molecule has 0 amide bonds. The highest BCUT2D eigenvalue weighted by Gasteiger charge is 2.32. The van der Waals surface area contributed by atoms with Gasteiger partial charge in [-0.15, -0.1) is 0 Å².